The number of hydrogen-bond acceptors (Lipinski definition) is 2. The number of rotatable bonds is 7. The molecule has 2 aromatic rings. The number of amides is 2. The van der Waals surface area contributed by atoms with Crippen LogP contribution in [0.25, 0.3) is 0 Å². The quantitative estimate of drug-likeness (QED) is 0.734. The van der Waals surface area contributed by atoms with Crippen molar-refractivity contribution in [2.24, 2.45) is 0 Å². The molecule has 0 saturated heterocycles. The Morgan fingerprint density at radius 1 is 1.11 bits per heavy atom. The summed E-state index contributed by atoms with van der Waals surface area (Å²) in [6.45, 7) is 2.88. The van der Waals surface area contributed by atoms with Crippen molar-refractivity contribution in [2.45, 2.75) is 50.5 Å². The van der Waals surface area contributed by atoms with Crippen LogP contribution >= 0.6 is 0 Å². The standard InChI is InChI=1S/C24H28N2O2/c1-3-15-26(19-13-14-19)22(27)17-24(16-18-9-5-4-6-10-18)20-11-7-8-12-21(20)25(2)23(24)28/h4-12,19H,3,13-17H2,1-2H3. The maximum Gasteiger partial charge on any atom is 0.238 e. The minimum absolute atomic E-state index is 0.0261. The Morgan fingerprint density at radius 2 is 1.79 bits per heavy atom. The van der Waals surface area contributed by atoms with Crippen LogP contribution in [0.3, 0.4) is 0 Å². The smallest absolute Gasteiger partial charge is 0.238 e. The Kier molecular flexibility index (Phi) is 4.96. The average Bonchev–Trinajstić information content (AvgIpc) is 3.53. The highest BCUT2D eigenvalue weighted by atomic mass is 16.2. The number of carbonyl (C=O) groups excluding carboxylic acids is 2. The van der Waals surface area contributed by atoms with Crippen LogP contribution in [-0.4, -0.2) is 36.3 Å². The summed E-state index contributed by atoms with van der Waals surface area (Å²) in [6, 6.07) is 18.4. The summed E-state index contributed by atoms with van der Waals surface area (Å²) in [6.07, 6.45) is 3.89. The third-order valence-corrected chi connectivity index (χ3v) is 6.07. The predicted molar refractivity (Wildman–Crippen MR) is 111 cm³/mol. The molecule has 0 radical (unpaired) electrons. The molecule has 0 N–H and O–H groups in total. The Morgan fingerprint density at radius 3 is 2.46 bits per heavy atom. The van der Waals surface area contributed by atoms with E-state index in [-0.39, 0.29) is 18.2 Å². The van der Waals surface area contributed by atoms with E-state index in [1.807, 2.05) is 66.5 Å². The molecular weight excluding hydrogens is 348 g/mol. The van der Waals surface area contributed by atoms with Crippen molar-refractivity contribution < 1.29 is 9.59 Å². The summed E-state index contributed by atoms with van der Waals surface area (Å²) in [5.74, 6) is 0.136. The Bertz CT molecular complexity index is 875. The van der Waals surface area contributed by atoms with Crippen LogP contribution in [0.15, 0.2) is 54.6 Å². The molecule has 0 spiro atoms. The van der Waals surface area contributed by atoms with Gasteiger partial charge in [0, 0.05) is 31.7 Å². The van der Waals surface area contributed by atoms with E-state index in [0.29, 0.717) is 12.5 Å². The second-order valence-electron chi connectivity index (χ2n) is 8.12. The van der Waals surface area contributed by atoms with Gasteiger partial charge in [-0.15, -0.1) is 0 Å². The summed E-state index contributed by atoms with van der Waals surface area (Å²) in [4.78, 5) is 30.7. The lowest BCUT2D eigenvalue weighted by Crippen LogP contribution is -2.46. The van der Waals surface area contributed by atoms with Gasteiger partial charge in [0.05, 0.1) is 5.41 Å². The molecule has 0 bridgehead atoms. The van der Waals surface area contributed by atoms with Gasteiger partial charge in [-0.1, -0.05) is 55.5 Å². The Labute approximate surface area is 167 Å². The van der Waals surface area contributed by atoms with Gasteiger partial charge in [0.1, 0.15) is 0 Å². The van der Waals surface area contributed by atoms with Gasteiger partial charge in [0.2, 0.25) is 11.8 Å². The fraction of sp³-hybridized carbons (Fsp3) is 0.417. The largest absolute Gasteiger partial charge is 0.340 e. The molecule has 1 aliphatic heterocycles. The minimum Gasteiger partial charge on any atom is -0.340 e. The van der Waals surface area contributed by atoms with E-state index in [9.17, 15) is 9.59 Å². The molecular formula is C24H28N2O2. The Balaban J connectivity index is 1.74. The first-order valence-electron chi connectivity index (χ1n) is 10.3. The van der Waals surface area contributed by atoms with Crippen LogP contribution in [0.1, 0.15) is 43.7 Å². The van der Waals surface area contributed by atoms with E-state index in [1.54, 1.807) is 4.90 Å². The summed E-state index contributed by atoms with van der Waals surface area (Å²) in [5, 5.41) is 0. The van der Waals surface area contributed by atoms with Crippen LogP contribution < -0.4 is 4.90 Å². The van der Waals surface area contributed by atoms with E-state index in [0.717, 1.165) is 42.6 Å². The summed E-state index contributed by atoms with van der Waals surface area (Å²) in [7, 11) is 1.82. The molecule has 4 rings (SSSR count). The van der Waals surface area contributed by atoms with Crippen molar-refractivity contribution in [3.8, 4) is 0 Å². The van der Waals surface area contributed by atoms with Crippen molar-refractivity contribution in [3.05, 3.63) is 65.7 Å². The van der Waals surface area contributed by atoms with Gasteiger partial charge in [-0.25, -0.2) is 0 Å². The lowest BCUT2D eigenvalue weighted by molar-refractivity contribution is -0.136. The SMILES string of the molecule is CCCN(C(=O)CC1(Cc2ccccc2)C(=O)N(C)c2ccccc21)C1CC1. The number of hydrogen-bond donors (Lipinski definition) is 0. The maximum atomic E-state index is 13.5. The highest BCUT2D eigenvalue weighted by molar-refractivity contribution is 6.10. The van der Waals surface area contributed by atoms with Crippen molar-refractivity contribution >= 4 is 17.5 Å². The molecule has 1 saturated carbocycles. The van der Waals surface area contributed by atoms with Crippen LogP contribution in [0.2, 0.25) is 0 Å². The first-order valence-corrected chi connectivity index (χ1v) is 10.3. The third-order valence-electron chi connectivity index (χ3n) is 6.07. The molecule has 1 unspecified atom stereocenters. The zero-order valence-electron chi connectivity index (χ0n) is 16.7. The molecule has 2 amide bonds. The van der Waals surface area contributed by atoms with Crippen molar-refractivity contribution in [1.29, 1.82) is 0 Å². The van der Waals surface area contributed by atoms with Gasteiger partial charge >= 0.3 is 0 Å². The highest BCUT2D eigenvalue weighted by Gasteiger charge is 2.51. The molecule has 1 aliphatic carbocycles. The maximum absolute atomic E-state index is 13.5. The van der Waals surface area contributed by atoms with Crippen LogP contribution in [0, 0.1) is 0 Å². The van der Waals surface area contributed by atoms with Crippen LogP contribution in [0.5, 0.6) is 0 Å². The molecule has 0 aromatic heterocycles. The molecule has 2 aromatic carbocycles. The Hall–Kier alpha value is -2.62. The summed E-state index contributed by atoms with van der Waals surface area (Å²) in [5.41, 5.74) is 2.16. The first kappa shape index (κ1) is 18.7. The van der Waals surface area contributed by atoms with E-state index in [2.05, 4.69) is 6.92 Å². The number of anilines is 1. The van der Waals surface area contributed by atoms with E-state index >= 15 is 0 Å². The third kappa shape index (κ3) is 3.21. The normalized spacial score (nSPS) is 20.9. The lowest BCUT2D eigenvalue weighted by Gasteiger charge is -2.31. The molecule has 2 aliphatic rings. The fourth-order valence-electron chi connectivity index (χ4n) is 4.56. The topological polar surface area (TPSA) is 40.6 Å². The van der Waals surface area contributed by atoms with Crippen LogP contribution in [0.4, 0.5) is 5.69 Å². The van der Waals surface area contributed by atoms with Crippen LogP contribution in [-0.2, 0) is 21.4 Å². The number of likely N-dealkylation sites (N-methyl/N-ethyl adjacent to an activating group) is 1. The van der Waals surface area contributed by atoms with E-state index in [4.69, 9.17) is 0 Å². The molecule has 4 nitrogen and oxygen atoms in total. The molecule has 1 fully saturated rings. The molecule has 4 heteroatoms. The minimum atomic E-state index is -0.829. The van der Waals surface area contributed by atoms with Gasteiger partial charge in [-0.2, -0.15) is 0 Å². The molecule has 146 valence electrons. The first-order chi connectivity index (χ1) is 13.6. The van der Waals surface area contributed by atoms with Crippen molar-refractivity contribution in [2.75, 3.05) is 18.5 Å². The van der Waals surface area contributed by atoms with Gasteiger partial charge in [0.15, 0.2) is 0 Å². The van der Waals surface area contributed by atoms with Gasteiger partial charge in [-0.05, 0) is 42.9 Å². The fourth-order valence-corrected chi connectivity index (χ4v) is 4.56. The molecule has 1 atom stereocenters. The van der Waals surface area contributed by atoms with Gasteiger partial charge in [0.25, 0.3) is 0 Å². The number of para-hydroxylation sites is 1. The van der Waals surface area contributed by atoms with Gasteiger partial charge < -0.3 is 9.80 Å². The predicted octanol–water partition coefficient (Wildman–Crippen LogP) is 3.93. The van der Waals surface area contributed by atoms with E-state index in [1.165, 1.54) is 0 Å². The van der Waals surface area contributed by atoms with Gasteiger partial charge in [-0.3, -0.25) is 9.59 Å². The zero-order chi connectivity index (χ0) is 19.7. The molecule has 28 heavy (non-hydrogen) atoms. The van der Waals surface area contributed by atoms with E-state index < -0.39 is 5.41 Å². The zero-order valence-corrected chi connectivity index (χ0v) is 16.7. The second kappa shape index (κ2) is 7.42. The number of nitrogens with zero attached hydrogens (tertiary/aromatic N) is 2. The molecule has 1 heterocycles. The summed E-state index contributed by atoms with van der Waals surface area (Å²) >= 11 is 0. The highest BCUT2D eigenvalue weighted by Crippen LogP contribution is 2.46. The number of fused-ring (bicyclic) bond motifs is 1. The second-order valence-corrected chi connectivity index (χ2v) is 8.12. The summed E-state index contributed by atoms with van der Waals surface area (Å²) < 4.78 is 0. The monoisotopic (exact) mass is 376 g/mol. The average molecular weight is 377 g/mol. The lowest BCUT2D eigenvalue weighted by atomic mass is 9.73. The number of benzene rings is 2. The van der Waals surface area contributed by atoms with Crippen molar-refractivity contribution in [1.82, 2.24) is 4.90 Å². The number of carbonyl (C=O) groups is 2. The van der Waals surface area contributed by atoms with Crippen molar-refractivity contribution in [3.63, 3.8) is 0 Å².